The summed E-state index contributed by atoms with van der Waals surface area (Å²) in [5.41, 5.74) is 0.800. The minimum Gasteiger partial charge on any atom is -0.354 e. The fraction of sp³-hybridized carbons (Fsp3) is 0.545. The molecule has 8 heteroatoms. The molecule has 0 aromatic carbocycles. The molecule has 1 heterocycles. The Morgan fingerprint density at radius 2 is 2.05 bits per heavy atom. The molecule has 0 unspecified atom stereocenters. The van der Waals surface area contributed by atoms with E-state index in [1.54, 1.807) is 29.9 Å². The molecule has 108 valence electrons. The Balaban J connectivity index is 2.58. The number of alkyl halides is 4. The van der Waals surface area contributed by atoms with Gasteiger partial charge in [0, 0.05) is 39.0 Å². The third-order valence-corrected chi connectivity index (χ3v) is 2.66. The van der Waals surface area contributed by atoms with Crippen molar-refractivity contribution in [2.45, 2.75) is 18.5 Å². The zero-order valence-electron chi connectivity index (χ0n) is 10.4. The van der Waals surface area contributed by atoms with E-state index in [-0.39, 0.29) is 13.0 Å². The fourth-order valence-electron chi connectivity index (χ4n) is 1.51. The molecule has 1 atom stereocenters. The van der Waals surface area contributed by atoms with E-state index in [2.05, 4.69) is 4.74 Å². The fourth-order valence-corrected chi connectivity index (χ4v) is 1.51. The highest BCUT2D eigenvalue weighted by molar-refractivity contribution is 5.84. The minimum absolute atomic E-state index is 0.123. The Hall–Kier alpha value is -1.57. The number of rotatable bonds is 5. The van der Waals surface area contributed by atoms with Crippen LogP contribution >= 0.6 is 0 Å². The van der Waals surface area contributed by atoms with E-state index in [1.165, 1.54) is 0 Å². The molecule has 0 aliphatic carbocycles. The van der Waals surface area contributed by atoms with Crippen LogP contribution in [0.25, 0.3) is 0 Å². The highest BCUT2D eigenvalue weighted by atomic mass is 19.4. The Labute approximate surface area is 107 Å². The first-order valence-corrected chi connectivity index (χ1v) is 5.41. The van der Waals surface area contributed by atoms with Gasteiger partial charge in [0.05, 0.1) is 0 Å². The van der Waals surface area contributed by atoms with Gasteiger partial charge in [-0.15, -0.1) is 0 Å². The number of halogens is 4. The van der Waals surface area contributed by atoms with Crippen LogP contribution in [0.2, 0.25) is 0 Å². The molecule has 4 nitrogen and oxygen atoms in total. The van der Waals surface area contributed by atoms with Crippen molar-refractivity contribution in [2.24, 2.45) is 7.05 Å². The van der Waals surface area contributed by atoms with Crippen LogP contribution < -0.4 is 5.32 Å². The second-order valence-corrected chi connectivity index (χ2v) is 3.91. The van der Waals surface area contributed by atoms with Gasteiger partial charge in [-0.2, -0.15) is 17.6 Å². The molecular weight excluding hydrogens is 268 g/mol. The van der Waals surface area contributed by atoms with Crippen molar-refractivity contribution in [3.8, 4) is 0 Å². The number of aromatic nitrogens is 1. The molecule has 0 fully saturated rings. The molecule has 0 bridgehead atoms. The Morgan fingerprint density at radius 1 is 1.42 bits per heavy atom. The van der Waals surface area contributed by atoms with Crippen LogP contribution in [0.5, 0.6) is 0 Å². The number of hydrogen-bond donors (Lipinski definition) is 1. The number of amides is 1. The van der Waals surface area contributed by atoms with Crippen molar-refractivity contribution in [1.29, 1.82) is 0 Å². The number of nitrogens with zero attached hydrogens (tertiary/aromatic N) is 1. The maximum Gasteiger partial charge on any atom is 0.458 e. The number of methoxy groups -OCH3 is 1. The summed E-state index contributed by atoms with van der Waals surface area (Å²) >= 11 is 0. The Kier molecular flexibility index (Phi) is 4.56. The van der Waals surface area contributed by atoms with Crippen molar-refractivity contribution < 1.29 is 27.1 Å². The van der Waals surface area contributed by atoms with Crippen LogP contribution in [0.1, 0.15) is 5.69 Å². The molecule has 0 radical (unpaired) electrons. The number of ether oxygens (including phenoxy) is 1. The predicted molar refractivity (Wildman–Crippen MR) is 59.0 cm³/mol. The van der Waals surface area contributed by atoms with E-state index in [0.717, 1.165) is 5.69 Å². The van der Waals surface area contributed by atoms with Gasteiger partial charge in [0.2, 0.25) is 0 Å². The molecule has 1 aromatic rings. The van der Waals surface area contributed by atoms with Crippen molar-refractivity contribution in [3.05, 3.63) is 24.0 Å². The van der Waals surface area contributed by atoms with E-state index in [4.69, 9.17) is 0 Å². The topological polar surface area (TPSA) is 43.3 Å². The summed E-state index contributed by atoms with van der Waals surface area (Å²) in [6.07, 6.45) is -3.38. The molecule has 1 rings (SSSR count). The standard InChI is InChI=1S/C11H14F4N2O2/c1-17-7-3-4-8(17)5-6-16-9(18)10(12,19-2)11(13,14)15/h3-4,7H,5-6H2,1-2H3,(H,16,18)/t10-/m0/s1. The quantitative estimate of drug-likeness (QED) is 0.833. The molecule has 19 heavy (non-hydrogen) atoms. The first-order chi connectivity index (χ1) is 8.72. The lowest BCUT2D eigenvalue weighted by molar-refractivity contribution is -0.307. The van der Waals surface area contributed by atoms with Crippen molar-refractivity contribution in [1.82, 2.24) is 9.88 Å². The molecule has 0 aliphatic rings. The SMILES string of the molecule is CO[C@@](F)(C(=O)NCCc1cccn1C)C(F)(F)F. The van der Waals surface area contributed by atoms with Crippen LogP contribution in [0, 0.1) is 0 Å². The van der Waals surface area contributed by atoms with Crippen LogP contribution in [0.15, 0.2) is 18.3 Å². The molecule has 0 aliphatic heterocycles. The van der Waals surface area contributed by atoms with Crippen LogP contribution in [0.3, 0.4) is 0 Å². The summed E-state index contributed by atoms with van der Waals surface area (Å²) in [6, 6.07) is 3.50. The summed E-state index contributed by atoms with van der Waals surface area (Å²) in [4.78, 5) is 11.2. The first-order valence-electron chi connectivity index (χ1n) is 5.41. The lowest BCUT2D eigenvalue weighted by Gasteiger charge is -2.24. The zero-order chi connectivity index (χ0) is 14.7. The smallest absolute Gasteiger partial charge is 0.354 e. The van der Waals surface area contributed by atoms with Gasteiger partial charge in [0.1, 0.15) is 0 Å². The largest absolute Gasteiger partial charge is 0.458 e. The Bertz CT molecular complexity index is 444. The van der Waals surface area contributed by atoms with E-state index < -0.39 is 17.9 Å². The van der Waals surface area contributed by atoms with E-state index >= 15 is 0 Å². The number of nitrogens with one attached hydrogen (secondary N) is 1. The third kappa shape index (κ3) is 3.25. The molecule has 0 saturated heterocycles. The Morgan fingerprint density at radius 3 is 2.47 bits per heavy atom. The van der Waals surface area contributed by atoms with E-state index in [9.17, 15) is 22.4 Å². The molecule has 1 aromatic heterocycles. The van der Waals surface area contributed by atoms with Crippen LogP contribution in [0.4, 0.5) is 17.6 Å². The molecule has 1 amide bonds. The van der Waals surface area contributed by atoms with Gasteiger partial charge in [-0.3, -0.25) is 4.79 Å². The maximum atomic E-state index is 13.4. The summed E-state index contributed by atoms with van der Waals surface area (Å²) in [6.45, 7) is -0.123. The normalized spacial score (nSPS) is 15.1. The van der Waals surface area contributed by atoms with Gasteiger partial charge in [-0.1, -0.05) is 0 Å². The van der Waals surface area contributed by atoms with Gasteiger partial charge < -0.3 is 14.6 Å². The minimum atomic E-state index is -5.42. The number of aryl methyl sites for hydroxylation is 1. The van der Waals surface area contributed by atoms with Crippen LogP contribution in [-0.2, 0) is 23.0 Å². The molecule has 1 N–H and O–H groups in total. The lowest BCUT2D eigenvalue weighted by Crippen LogP contribution is -2.55. The third-order valence-electron chi connectivity index (χ3n) is 2.66. The average Bonchev–Trinajstić information content (AvgIpc) is 2.72. The summed E-state index contributed by atoms with van der Waals surface area (Å²) in [5.74, 6) is -6.17. The lowest BCUT2D eigenvalue weighted by atomic mass is 10.2. The summed E-state index contributed by atoms with van der Waals surface area (Å²) < 4.78 is 55.9. The highest BCUT2D eigenvalue weighted by Crippen LogP contribution is 2.34. The van der Waals surface area contributed by atoms with Crippen LogP contribution in [-0.4, -0.2) is 36.2 Å². The van der Waals surface area contributed by atoms with Gasteiger partial charge in [-0.25, -0.2) is 0 Å². The van der Waals surface area contributed by atoms with Crippen molar-refractivity contribution in [3.63, 3.8) is 0 Å². The maximum absolute atomic E-state index is 13.4. The van der Waals surface area contributed by atoms with Gasteiger partial charge in [0.25, 0.3) is 5.91 Å². The summed E-state index contributed by atoms with van der Waals surface area (Å²) in [7, 11) is 2.24. The predicted octanol–water partition coefficient (Wildman–Crippen LogP) is 1.56. The molecule has 0 saturated carbocycles. The average molecular weight is 282 g/mol. The monoisotopic (exact) mass is 282 g/mol. The van der Waals surface area contributed by atoms with E-state index in [0.29, 0.717) is 7.11 Å². The van der Waals surface area contributed by atoms with Gasteiger partial charge >= 0.3 is 12.0 Å². The second-order valence-electron chi connectivity index (χ2n) is 3.91. The molecular formula is C11H14F4N2O2. The number of carbonyl (C=O) groups excluding carboxylic acids is 1. The summed E-state index contributed by atoms with van der Waals surface area (Å²) in [5, 5.41) is 1.87. The second kappa shape index (κ2) is 5.60. The van der Waals surface area contributed by atoms with Gasteiger partial charge in [-0.05, 0) is 12.1 Å². The highest BCUT2D eigenvalue weighted by Gasteiger charge is 2.63. The number of hydrogen-bond acceptors (Lipinski definition) is 2. The van der Waals surface area contributed by atoms with E-state index in [1.807, 2.05) is 5.32 Å². The van der Waals surface area contributed by atoms with Crippen molar-refractivity contribution >= 4 is 5.91 Å². The number of carbonyl (C=O) groups is 1. The van der Waals surface area contributed by atoms with Gasteiger partial charge in [0.15, 0.2) is 0 Å². The van der Waals surface area contributed by atoms with Crippen molar-refractivity contribution in [2.75, 3.05) is 13.7 Å². The first kappa shape index (κ1) is 15.5. The molecule has 0 spiro atoms. The zero-order valence-corrected chi connectivity index (χ0v) is 10.4.